The van der Waals surface area contributed by atoms with E-state index in [0.29, 0.717) is 31.0 Å². The molecule has 1 N–H and O–H groups in total. The minimum atomic E-state index is -0.0205. The number of ether oxygens (including phenoxy) is 2. The first-order chi connectivity index (χ1) is 18.1. The molecule has 0 radical (unpaired) electrons. The van der Waals surface area contributed by atoms with E-state index in [1.54, 1.807) is 26.5 Å². The predicted octanol–water partition coefficient (Wildman–Crippen LogP) is 6.18. The van der Waals surface area contributed by atoms with Crippen molar-refractivity contribution in [3.8, 4) is 5.75 Å². The van der Waals surface area contributed by atoms with E-state index in [1.165, 1.54) is 0 Å². The predicted molar refractivity (Wildman–Crippen MR) is 146 cm³/mol. The molecule has 0 heterocycles. The van der Waals surface area contributed by atoms with Gasteiger partial charge in [0.25, 0.3) is 5.91 Å². The van der Waals surface area contributed by atoms with E-state index in [0.717, 1.165) is 22.4 Å². The van der Waals surface area contributed by atoms with Gasteiger partial charge in [-0.1, -0.05) is 60.7 Å². The standard InChI is InChI=1S/C31H34N2O4/c1-4-12-29(17-11-20-32-36-3)37-24-28-21-26(18-19-30(28)35-2)23-33(22-25-13-7-5-8-14-25)31(34)27-15-9-6-10-16-27/h4-21,32H,22-24H2,1-3H3/b12-4-,20-11?,29-17+. The summed E-state index contributed by atoms with van der Waals surface area (Å²) in [4.78, 5) is 20.1. The fraction of sp³-hybridized carbons (Fsp3) is 0.194. The van der Waals surface area contributed by atoms with Crippen LogP contribution in [0.3, 0.4) is 0 Å². The number of benzene rings is 3. The lowest BCUT2D eigenvalue weighted by atomic mass is 10.1. The average molecular weight is 499 g/mol. The molecule has 0 aliphatic rings. The number of rotatable bonds is 13. The Morgan fingerprint density at radius 2 is 1.62 bits per heavy atom. The van der Waals surface area contributed by atoms with E-state index in [2.05, 4.69) is 5.48 Å². The summed E-state index contributed by atoms with van der Waals surface area (Å²) in [5.74, 6) is 1.39. The van der Waals surface area contributed by atoms with Crippen LogP contribution in [0.25, 0.3) is 0 Å². The molecule has 0 saturated carbocycles. The Balaban J connectivity index is 1.82. The van der Waals surface area contributed by atoms with Crippen molar-refractivity contribution in [1.29, 1.82) is 0 Å². The van der Waals surface area contributed by atoms with Gasteiger partial charge in [0.15, 0.2) is 0 Å². The van der Waals surface area contributed by atoms with E-state index in [4.69, 9.17) is 14.3 Å². The number of allylic oxidation sites excluding steroid dienone is 4. The van der Waals surface area contributed by atoms with E-state index in [9.17, 15) is 4.79 Å². The van der Waals surface area contributed by atoms with Gasteiger partial charge in [0.1, 0.15) is 18.1 Å². The maximum atomic E-state index is 13.4. The highest BCUT2D eigenvalue weighted by molar-refractivity contribution is 5.94. The monoisotopic (exact) mass is 498 g/mol. The second-order valence-electron chi connectivity index (χ2n) is 8.20. The van der Waals surface area contributed by atoms with Gasteiger partial charge in [-0.2, -0.15) is 0 Å². The van der Waals surface area contributed by atoms with Crippen molar-refractivity contribution in [2.75, 3.05) is 14.2 Å². The fourth-order valence-corrected chi connectivity index (χ4v) is 3.76. The SMILES string of the molecule is C/C=C\C(=C/C=CNOC)OCc1cc(CN(Cc2ccccc2)C(=O)c2ccccc2)ccc1OC. The van der Waals surface area contributed by atoms with Gasteiger partial charge >= 0.3 is 0 Å². The Kier molecular flexibility index (Phi) is 11.0. The van der Waals surface area contributed by atoms with Crippen molar-refractivity contribution in [2.24, 2.45) is 0 Å². The van der Waals surface area contributed by atoms with Crippen molar-refractivity contribution < 1.29 is 19.1 Å². The van der Waals surface area contributed by atoms with Gasteiger partial charge in [0, 0.05) is 30.4 Å². The highest BCUT2D eigenvalue weighted by Gasteiger charge is 2.17. The number of carbonyl (C=O) groups excluding carboxylic acids is 1. The first kappa shape index (κ1) is 27.3. The lowest BCUT2D eigenvalue weighted by molar-refractivity contribution is 0.0730. The lowest BCUT2D eigenvalue weighted by Crippen LogP contribution is -2.30. The first-order valence-electron chi connectivity index (χ1n) is 12.1. The van der Waals surface area contributed by atoms with E-state index >= 15 is 0 Å². The van der Waals surface area contributed by atoms with Crippen LogP contribution in [0.15, 0.2) is 115 Å². The van der Waals surface area contributed by atoms with Crippen LogP contribution in [-0.2, 0) is 29.3 Å². The number of nitrogens with zero attached hydrogens (tertiary/aromatic N) is 1. The second-order valence-corrected chi connectivity index (χ2v) is 8.20. The molecule has 6 nitrogen and oxygen atoms in total. The Bertz CT molecular complexity index is 1200. The van der Waals surface area contributed by atoms with Crippen LogP contribution in [-0.4, -0.2) is 25.0 Å². The number of nitrogens with one attached hydrogen (secondary N) is 1. The molecular formula is C31H34N2O4. The molecule has 3 aromatic carbocycles. The summed E-state index contributed by atoms with van der Waals surface area (Å²) >= 11 is 0. The number of methoxy groups -OCH3 is 1. The third-order valence-electron chi connectivity index (χ3n) is 5.51. The summed E-state index contributed by atoms with van der Waals surface area (Å²) in [5.41, 5.74) is 6.25. The third kappa shape index (κ3) is 8.70. The molecule has 0 aliphatic heterocycles. The summed E-state index contributed by atoms with van der Waals surface area (Å²) in [6.45, 7) is 3.19. The molecule has 0 spiro atoms. The zero-order chi connectivity index (χ0) is 26.3. The molecule has 6 heteroatoms. The highest BCUT2D eigenvalue weighted by Crippen LogP contribution is 2.24. The Morgan fingerprint density at radius 1 is 0.919 bits per heavy atom. The van der Waals surface area contributed by atoms with Gasteiger partial charge in [0.2, 0.25) is 0 Å². The highest BCUT2D eigenvalue weighted by atomic mass is 16.6. The molecule has 1 amide bonds. The number of carbonyl (C=O) groups is 1. The molecule has 37 heavy (non-hydrogen) atoms. The van der Waals surface area contributed by atoms with Crippen molar-refractivity contribution in [3.05, 3.63) is 137 Å². The number of hydrogen-bond acceptors (Lipinski definition) is 5. The Labute approximate surface area is 219 Å². The second kappa shape index (κ2) is 15.0. The molecule has 0 aromatic heterocycles. The van der Waals surface area contributed by atoms with Crippen LogP contribution in [0.2, 0.25) is 0 Å². The minimum absolute atomic E-state index is 0.0205. The van der Waals surface area contributed by atoms with Crippen molar-refractivity contribution in [2.45, 2.75) is 26.6 Å². The lowest BCUT2D eigenvalue weighted by Gasteiger charge is -2.24. The third-order valence-corrected chi connectivity index (χ3v) is 5.51. The van der Waals surface area contributed by atoms with Gasteiger partial charge < -0.3 is 14.4 Å². The molecule has 0 aliphatic carbocycles. The van der Waals surface area contributed by atoms with Gasteiger partial charge in [-0.25, -0.2) is 0 Å². The smallest absolute Gasteiger partial charge is 0.254 e. The van der Waals surface area contributed by atoms with E-state index < -0.39 is 0 Å². The molecule has 0 saturated heterocycles. The molecule has 0 bridgehead atoms. The molecule has 192 valence electrons. The quantitative estimate of drug-likeness (QED) is 0.173. The number of amides is 1. The average Bonchev–Trinajstić information content (AvgIpc) is 2.94. The maximum absolute atomic E-state index is 13.4. The molecule has 3 aromatic rings. The van der Waals surface area contributed by atoms with Gasteiger partial charge in [-0.05, 0) is 60.5 Å². The van der Waals surface area contributed by atoms with Crippen LogP contribution >= 0.6 is 0 Å². The maximum Gasteiger partial charge on any atom is 0.254 e. The van der Waals surface area contributed by atoms with Crippen molar-refractivity contribution in [3.63, 3.8) is 0 Å². The topological polar surface area (TPSA) is 60.0 Å². The zero-order valence-electron chi connectivity index (χ0n) is 21.6. The summed E-state index contributed by atoms with van der Waals surface area (Å²) < 4.78 is 11.6. The van der Waals surface area contributed by atoms with Crippen molar-refractivity contribution in [1.82, 2.24) is 10.4 Å². The van der Waals surface area contributed by atoms with Gasteiger partial charge in [-0.3, -0.25) is 15.1 Å². The largest absolute Gasteiger partial charge is 0.496 e. The number of hydrogen-bond donors (Lipinski definition) is 1. The Morgan fingerprint density at radius 3 is 2.30 bits per heavy atom. The summed E-state index contributed by atoms with van der Waals surface area (Å²) in [6.07, 6.45) is 9.09. The fourth-order valence-electron chi connectivity index (χ4n) is 3.76. The van der Waals surface area contributed by atoms with Crippen LogP contribution in [0.1, 0.15) is 34.0 Å². The van der Waals surface area contributed by atoms with Gasteiger partial charge in [0.05, 0.1) is 14.2 Å². The molecular weight excluding hydrogens is 464 g/mol. The normalized spacial score (nSPS) is 11.6. The minimum Gasteiger partial charge on any atom is -0.496 e. The molecule has 0 atom stereocenters. The van der Waals surface area contributed by atoms with Crippen molar-refractivity contribution >= 4 is 5.91 Å². The number of hydroxylamine groups is 1. The van der Waals surface area contributed by atoms with Crippen LogP contribution in [0.4, 0.5) is 0 Å². The summed E-state index contributed by atoms with van der Waals surface area (Å²) in [6, 6.07) is 25.3. The summed E-state index contributed by atoms with van der Waals surface area (Å²) in [5, 5.41) is 0. The molecule has 0 fully saturated rings. The molecule has 0 unspecified atom stereocenters. The summed E-state index contributed by atoms with van der Waals surface area (Å²) in [7, 11) is 3.19. The van der Waals surface area contributed by atoms with Crippen LogP contribution in [0.5, 0.6) is 5.75 Å². The van der Waals surface area contributed by atoms with E-state index in [-0.39, 0.29) is 5.91 Å². The zero-order valence-corrected chi connectivity index (χ0v) is 21.6. The first-order valence-corrected chi connectivity index (χ1v) is 12.1. The van der Waals surface area contributed by atoms with Crippen LogP contribution < -0.4 is 10.2 Å². The molecule has 3 rings (SSSR count). The van der Waals surface area contributed by atoms with E-state index in [1.807, 2.05) is 109 Å². The van der Waals surface area contributed by atoms with Gasteiger partial charge in [-0.15, -0.1) is 0 Å². The Hall–Kier alpha value is -4.29. The van der Waals surface area contributed by atoms with Crippen LogP contribution in [0, 0.1) is 0 Å².